The lowest BCUT2D eigenvalue weighted by molar-refractivity contribution is 0.518. The van der Waals surface area contributed by atoms with Crippen molar-refractivity contribution in [1.29, 1.82) is 0 Å². The maximum atomic E-state index is 4.41. The van der Waals surface area contributed by atoms with Gasteiger partial charge in [-0.2, -0.15) is 0 Å². The summed E-state index contributed by atoms with van der Waals surface area (Å²) in [6, 6.07) is 0. The number of rotatable bonds is 6. The normalized spacial score (nSPS) is 16.0. The van der Waals surface area contributed by atoms with Crippen LogP contribution in [0.3, 0.4) is 0 Å². The molecule has 4 heteroatoms. The minimum atomic E-state index is 0.414. The smallest absolute Gasteiger partial charge is 0.134 e. The lowest BCUT2D eigenvalue weighted by atomic mass is 10.0. The third-order valence-electron chi connectivity index (χ3n) is 4.02. The van der Waals surface area contributed by atoms with Crippen molar-refractivity contribution in [1.82, 2.24) is 9.97 Å². The van der Waals surface area contributed by atoms with Crippen LogP contribution < -0.4 is 10.6 Å². The van der Waals surface area contributed by atoms with Gasteiger partial charge in [-0.05, 0) is 18.3 Å². The van der Waals surface area contributed by atoms with Crippen LogP contribution in [0.5, 0.6) is 0 Å². The SMILES string of the molecule is CNc1ncnc(NCCC2CCCC2)c1C(C)C. The van der Waals surface area contributed by atoms with Gasteiger partial charge < -0.3 is 10.6 Å². The Morgan fingerprint density at radius 2 is 1.89 bits per heavy atom. The molecule has 0 aromatic carbocycles. The quantitative estimate of drug-likeness (QED) is 0.822. The Bertz CT molecular complexity index is 397. The fourth-order valence-electron chi connectivity index (χ4n) is 2.98. The Balaban J connectivity index is 1.98. The molecule has 0 saturated heterocycles. The molecule has 1 heterocycles. The summed E-state index contributed by atoms with van der Waals surface area (Å²) in [7, 11) is 1.91. The van der Waals surface area contributed by atoms with Crippen LogP contribution in [0, 0.1) is 5.92 Å². The topological polar surface area (TPSA) is 49.8 Å². The molecule has 1 aliphatic rings. The first-order valence-corrected chi connectivity index (χ1v) is 7.49. The Morgan fingerprint density at radius 1 is 1.21 bits per heavy atom. The van der Waals surface area contributed by atoms with Gasteiger partial charge in [0.05, 0.1) is 0 Å². The van der Waals surface area contributed by atoms with Crippen molar-refractivity contribution < 1.29 is 0 Å². The molecule has 19 heavy (non-hydrogen) atoms. The maximum absolute atomic E-state index is 4.41. The largest absolute Gasteiger partial charge is 0.373 e. The number of anilines is 2. The van der Waals surface area contributed by atoms with Crippen LogP contribution in [0.2, 0.25) is 0 Å². The number of aromatic nitrogens is 2. The first-order valence-electron chi connectivity index (χ1n) is 7.49. The highest BCUT2D eigenvalue weighted by atomic mass is 15.1. The molecule has 2 rings (SSSR count). The van der Waals surface area contributed by atoms with Gasteiger partial charge in [-0.25, -0.2) is 9.97 Å². The fourth-order valence-corrected chi connectivity index (χ4v) is 2.98. The van der Waals surface area contributed by atoms with Crippen molar-refractivity contribution in [3.05, 3.63) is 11.9 Å². The van der Waals surface area contributed by atoms with Gasteiger partial charge in [-0.3, -0.25) is 0 Å². The van der Waals surface area contributed by atoms with Crippen LogP contribution in [0.25, 0.3) is 0 Å². The summed E-state index contributed by atoms with van der Waals surface area (Å²) in [4.78, 5) is 8.71. The molecule has 0 atom stereocenters. The molecule has 1 fully saturated rings. The van der Waals surface area contributed by atoms with E-state index >= 15 is 0 Å². The van der Waals surface area contributed by atoms with Gasteiger partial charge in [0.2, 0.25) is 0 Å². The first-order chi connectivity index (χ1) is 9.22. The van der Waals surface area contributed by atoms with Crippen molar-refractivity contribution in [3.8, 4) is 0 Å². The zero-order valence-electron chi connectivity index (χ0n) is 12.4. The molecule has 0 spiro atoms. The van der Waals surface area contributed by atoms with E-state index in [9.17, 15) is 0 Å². The second-order valence-corrected chi connectivity index (χ2v) is 5.76. The van der Waals surface area contributed by atoms with Gasteiger partial charge in [0.25, 0.3) is 0 Å². The van der Waals surface area contributed by atoms with E-state index in [1.165, 1.54) is 37.7 Å². The molecule has 0 radical (unpaired) electrons. The van der Waals surface area contributed by atoms with E-state index < -0.39 is 0 Å². The number of hydrogen-bond donors (Lipinski definition) is 2. The van der Waals surface area contributed by atoms with Gasteiger partial charge in [0.15, 0.2) is 0 Å². The van der Waals surface area contributed by atoms with Crippen molar-refractivity contribution in [3.63, 3.8) is 0 Å². The maximum Gasteiger partial charge on any atom is 0.134 e. The van der Waals surface area contributed by atoms with Gasteiger partial charge in [-0.1, -0.05) is 39.5 Å². The van der Waals surface area contributed by atoms with Crippen molar-refractivity contribution in [2.75, 3.05) is 24.2 Å². The number of nitrogens with one attached hydrogen (secondary N) is 2. The summed E-state index contributed by atoms with van der Waals surface area (Å²) in [5.74, 6) is 3.26. The molecule has 106 valence electrons. The van der Waals surface area contributed by atoms with E-state index in [-0.39, 0.29) is 0 Å². The van der Waals surface area contributed by atoms with Gasteiger partial charge >= 0.3 is 0 Å². The number of nitrogens with zero attached hydrogens (tertiary/aromatic N) is 2. The molecule has 1 saturated carbocycles. The van der Waals surface area contributed by atoms with Crippen LogP contribution in [0.15, 0.2) is 6.33 Å². The third kappa shape index (κ3) is 3.58. The Morgan fingerprint density at radius 3 is 2.53 bits per heavy atom. The summed E-state index contributed by atoms with van der Waals surface area (Å²) < 4.78 is 0. The highest BCUT2D eigenvalue weighted by molar-refractivity contribution is 5.58. The average Bonchev–Trinajstić information content (AvgIpc) is 2.91. The highest BCUT2D eigenvalue weighted by Crippen LogP contribution is 2.30. The van der Waals surface area contributed by atoms with Crippen LogP contribution in [-0.2, 0) is 0 Å². The molecular weight excluding hydrogens is 236 g/mol. The zero-order chi connectivity index (χ0) is 13.7. The van der Waals surface area contributed by atoms with Crippen LogP contribution in [-0.4, -0.2) is 23.6 Å². The Kier molecular flexibility index (Phi) is 5.00. The van der Waals surface area contributed by atoms with E-state index in [1.807, 2.05) is 7.05 Å². The monoisotopic (exact) mass is 262 g/mol. The lowest BCUT2D eigenvalue weighted by Crippen LogP contribution is -2.12. The van der Waals surface area contributed by atoms with E-state index in [0.29, 0.717) is 5.92 Å². The minimum absolute atomic E-state index is 0.414. The average molecular weight is 262 g/mol. The summed E-state index contributed by atoms with van der Waals surface area (Å²) in [5, 5.41) is 6.66. The third-order valence-corrected chi connectivity index (χ3v) is 4.02. The molecule has 2 N–H and O–H groups in total. The predicted octanol–water partition coefficient (Wildman–Crippen LogP) is 3.63. The second kappa shape index (κ2) is 6.73. The molecule has 1 aromatic heterocycles. The summed E-state index contributed by atoms with van der Waals surface area (Å²) in [5.41, 5.74) is 1.19. The molecular formula is C15H26N4. The molecule has 1 aliphatic carbocycles. The standard InChI is InChI=1S/C15H26N4/c1-11(2)13-14(16-3)18-10-19-15(13)17-9-8-12-6-4-5-7-12/h10-12H,4-9H2,1-3H3,(H2,16,17,18,19). The van der Waals surface area contributed by atoms with Crippen LogP contribution in [0.1, 0.15) is 57.4 Å². The van der Waals surface area contributed by atoms with Gasteiger partial charge in [-0.15, -0.1) is 0 Å². The van der Waals surface area contributed by atoms with E-state index in [1.54, 1.807) is 6.33 Å². The zero-order valence-corrected chi connectivity index (χ0v) is 12.4. The lowest BCUT2D eigenvalue weighted by Gasteiger charge is -2.17. The minimum Gasteiger partial charge on any atom is -0.373 e. The molecule has 4 nitrogen and oxygen atoms in total. The molecule has 0 unspecified atom stereocenters. The van der Waals surface area contributed by atoms with E-state index in [2.05, 4.69) is 34.4 Å². The molecule has 1 aromatic rings. The van der Waals surface area contributed by atoms with Crippen molar-refractivity contribution in [2.45, 2.75) is 51.9 Å². The van der Waals surface area contributed by atoms with Crippen molar-refractivity contribution >= 4 is 11.6 Å². The summed E-state index contributed by atoms with van der Waals surface area (Å²) in [6.45, 7) is 5.38. The Hall–Kier alpha value is -1.32. The van der Waals surface area contributed by atoms with Gasteiger partial charge in [0.1, 0.15) is 18.0 Å². The fraction of sp³-hybridized carbons (Fsp3) is 0.733. The van der Waals surface area contributed by atoms with Crippen LogP contribution >= 0.6 is 0 Å². The second-order valence-electron chi connectivity index (χ2n) is 5.76. The molecule has 0 aliphatic heterocycles. The predicted molar refractivity (Wildman–Crippen MR) is 80.7 cm³/mol. The summed E-state index contributed by atoms with van der Waals surface area (Å²) in [6.07, 6.45) is 8.54. The molecule has 0 amide bonds. The van der Waals surface area contributed by atoms with Crippen molar-refractivity contribution in [2.24, 2.45) is 5.92 Å². The van der Waals surface area contributed by atoms with Crippen LogP contribution in [0.4, 0.5) is 11.6 Å². The van der Waals surface area contributed by atoms with Gasteiger partial charge in [0, 0.05) is 19.2 Å². The highest BCUT2D eigenvalue weighted by Gasteiger charge is 2.16. The van der Waals surface area contributed by atoms with E-state index in [0.717, 1.165) is 24.1 Å². The summed E-state index contributed by atoms with van der Waals surface area (Å²) >= 11 is 0. The first kappa shape index (κ1) is 14.1. The molecule has 0 bridgehead atoms. The Labute approximate surface area is 116 Å². The van der Waals surface area contributed by atoms with E-state index in [4.69, 9.17) is 0 Å². The number of hydrogen-bond acceptors (Lipinski definition) is 4.